The lowest BCUT2D eigenvalue weighted by atomic mass is 10.1. The number of anilines is 3. The van der Waals surface area contributed by atoms with Gasteiger partial charge in [-0.05, 0) is 43.7 Å². The molecule has 0 aliphatic heterocycles. The first-order valence-electron chi connectivity index (χ1n) is 8.72. The second-order valence-electron chi connectivity index (χ2n) is 6.42. The van der Waals surface area contributed by atoms with Crippen molar-refractivity contribution in [3.63, 3.8) is 0 Å². The van der Waals surface area contributed by atoms with Crippen molar-refractivity contribution in [2.45, 2.75) is 26.3 Å². The van der Waals surface area contributed by atoms with Crippen LogP contribution in [0.15, 0.2) is 40.8 Å². The largest absolute Gasteiger partial charge is 0.464 e. The Hall–Kier alpha value is -2.87. The summed E-state index contributed by atoms with van der Waals surface area (Å²) in [6.45, 7) is 4.01. The summed E-state index contributed by atoms with van der Waals surface area (Å²) >= 11 is 1.12. The van der Waals surface area contributed by atoms with Crippen LogP contribution in [0.4, 0.5) is 17.3 Å². The van der Waals surface area contributed by atoms with Gasteiger partial charge in [0.05, 0.1) is 17.8 Å². The molecule has 2 N–H and O–H groups in total. The molecule has 1 atom stereocenters. The SMILES string of the molecule is CC[C@@H](Nc1nsnc1Nc1cccc(C(=O)N(C)C)c1)c1ccc(C)o1. The van der Waals surface area contributed by atoms with Gasteiger partial charge in [-0.2, -0.15) is 8.75 Å². The molecule has 0 bridgehead atoms. The Morgan fingerprint density at radius 3 is 2.67 bits per heavy atom. The van der Waals surface area contributed by atoms with Gasteiger partial charge in [-0.25, -0.2) is 0 Å². The molecule has 0 radical (unpaired) electrons. The van der Waals surface area contributed by atoms with Crippen LogP contribution >= 0.6 is 11.7 Å². The number of carbonyl (C=O) groups is 1. The number of benzene rings is 1. The summed E-state index contributed by atoms with van der Waals surface area (Å²) in [4.78, 5) is 13.7. The van der Waals surface area contributed by atoms with Crippen molar-refractivity contribution < 1.29 is 9.21 Å². The molecule has 2 aromatic heterocycles. The van der Waals surface area contributed by atoms with Gasteiger partial charge in [0, 0.05) is 25.3 Å². The van der Waals surface area contributed by atoms with Gasteiger partial charge in [0.2, 0.25) is 0 Å². The fourth-order valence-corrected chi connectivity index (χ4v) is 3.15. The fourth-order valence-electron chi connectivity index (χ4n) is 2.67. The first kappa shape index (κ1) is 18.9. The average Bonchev–Trinajstić information content (AvgIpc) is 3.28. The van der Waals surface area contributed by atoms with Gasteiger partial charge in [-0.1, -0.05) is 13.0 Å². The molecule has 0 fully saturated rings. The number of nitrogens with one attached hydrogen (secondary N) is 2. The van der Waals surface area contributed by atoms with Crippen LogP contribution in [0.5, 0.6) is 0 Å². The molecule has 0 unspecified atom stereocenters. The van der Waals surface area contributed by atoms with Crippen molar-refractivity contribution in [1.29, 1.82) is 0 Å². The van der Waals surface area contributed by atoms with Crippen LogP contribution in [0, 0.1) is 6.92 Å². The molecule has 3 aromatic rings. The number of carbonyl (C=O) groups excluding carboxylic acids is 1. The summed E-state index contributed by atoms with van der Waals surface area (Å²) in [7, 11) is 3.46. The molecule has 0 saturated heterocycles. The fraction of sp³-hybridized carbons (Fsp3) is 0.316. The third kappa shape index (κ3) is 4.46. The van der Waals surface area contributed by atoms with Crippen LogP contribution in [0.3, 0.4) is 0 Å². The minimum atomic E-state index is -0.0485. The van der Waals surface area contributed by atoms with Gasteiger partial charge in [0.25, 0.3) is 5.91 Å². The molecule has 27 heavy (non-hydrogen) atoms. The Labute approximate surface area is 162 Å². The Kier molecular flexibility index (Phi) is 5.75. The minimum absolute atomic E-state index is 0.00445. The molecule has 2 heterocycles. The number of rotatable bonds is 7. The summed E-state index contributed by atoms with van der Waals surface area (Å²) in [5.41, 5.74) is 1.39. The Balaban J connectivity index is 1.77. The summed E-state index contributed by atoms with van der Waals surface area (Å²) < 4.78 is 14.4. The highest BCUT2D eigenvalue weighted by molar-refractivity contribution is 6.99. The van der Waals surface area contributed by atoms with Crippen molar-refractivity contribution in [3.05, 3.63) is 53.5 Å². The van der Waals surface area contributed by atoms with Gasteiger partial charge in [0.1, 0.15) is 11.5 Å². The first-order chi connectivity index (χ1) is 13.0. The minimum Gasteiger partial charge on any atom is -0.464 e. The molecular formula is C19H23N5O2S. The third-order valence-corrected chi connectivity index (χ3v) is 4.62. The first-order valence-corrected chi connectivity index (χ1v) is 9.45. The predicted molar refractivity (Wildman–Crippen MR) is 108 cm³/mol. The lowest BCUT2D eigenvalue weighted by molar-refractivity contribution is 0.0827. The van der Waals surface area contributed by atoms with Crippen molar-refractivity contribution in [2.75, 3.05) is 24.7 Å². The highest BCUT2D eigenvalue weighted by Crippen LogP contribution is 2.29. The molecular weight excluding hydrogens is 362 g/mol. The number of hydrogen-bond donors (Lipinski definition) is 2. The molecule has 3 rings (SSSR count). The van der Waals surface area contributed by atoms with E-state index in [0.717, 1.165) is 35.4 Å². The smallest absolute Gasteiger partial charge is 0.253 e. The van der Waals surface area contributed by atoms with E-state index >= 15 is 0 Å². The van der Waals surface area contributed by atoms with E-state index in [9.17, 15) is 4.79 Å². The van der Waals surface area contributed by atoms with E-state index < -0.39 is 0 Å². The lowest BCUT2D eigenvalue weighted by Gasteiger charge is -2.15. The zero-order valence-corrected chi connectivity index (χ0v) is 16.6. The van der Waals surface area contributed by atoms with E-state index in [4.69, 9.17) is 4.42 Å². The summed E-state index contributed by atoms with van der Waals surface area (Å²) in [6, 6.07) is 11.3. The monoisotopic (exact) mass is 385 g/mol. The zero-order chi connectivity index (χ0) is 19.4. The molecule has 0 aliphatic carbocycles. The van der Waals surface area contributed by atoms with Crippen LogP contribution in [0.2, 0.25) is 0 Å². The van der Waals surface area contributed by atoms with Crippen LogP contribution in [0.1, 0.15) is 41.3 Å². The van der Waals surface area contributed by atoms with E-state index in [1.807, 2.05) is 31.2 Å². The van der Waals surface area contributed by atoms with E-state index in [2.05, 4.69) is 26.3 Å². The van der Waals surface area contributed by atoms with E-state index in [0.29, 0.717) is 17.2 Å². The highest BCUT2D eigenvalue weighted by Gasteiger charge is 2.18. The number of hydrogen-bond acceptors (Lipinski definition) is 7. The Morgan fingerprint density at radius 2 is 2.00 bits per heavy atom. The van der Waals surface area contributed by atoms with E-state index in [-0.39, 0.29) is 11.9 Å². The van der Waals surface area contributed by atoms with Crippen molar-refractivity contribution in [1.82, 2.24) is 13.6 Å². The lowest BCUT2D eigenvalue weighted by Crippen LogP contribution is -2.21. The molecule has 0 saturated carbocycles. The molecule has 7 nitrogen and oxygen atoms in total. The van der Waals surface area contributed by atoms with Gasteiger partial charge >= 0.3 is 0 Å². The van der Waals surface area contributed by atoms with Gasteiger partial charge in [-0.3, -0.25) is 4.79 Å². The van der Waals surface area contributed by atoms with Crippen molar-refractivity contribution in [3.8, 4) is 0 Å². The topological polar surface area (TPSA) is 83.3 Å². The third-order valence-electron chi connectivity index (χ3n) is 4.09. The Bertz CT molecular complexity index is 918. The number of nitrogens with zero attached hydrogens (tertiary/aromatic N) is 3. The van der Waals surface area contributed by atoms with E-state index in [1.165, 1.54) is 0 Å². The molecule has 0 aliphatic rings. The summed E-state index contributed by atoms with van der Waals surface area (Å²) in [6.07, 6.45) is 0.844. The molecule has 142 valence electrons. The maximum atomic E-state index is 12.2. The standard InChI is InChI=1S/C19H23N5O2S/c1-5-15(16-10-9-12(2)26-16)21-18-17(22-27-23-18)20-14-8-6-7-13(11-14)19(25)24(3)4/h6-11,15H,5H2,1-4H3,(H,20,22)(H,21,23)/t15-/m1/s1. The van der Waals surface area contributed by atoms with Crippen molar-refractivity contribution >= 4 is 35.0 Å². The number of furan rings is 1. The van der Waals surface area contributed by atoms with E-state index in [1.54, 1.807) is 31.1 Å². The van der Waals surface area contributed by atoms with Gasteiger partial charge in [-0.15, -0.1) is 0 Å². The maximum Gasteiger partial charge on any atom is 0.253 e. The number of aryl methyl sites for hydroxylation is 1. The Morgan fingerprint density at radius 1 is 1.22 bits per heavy atom. The normalized spacial score (nSPS) is 11.9. The maximum absolute atomic E-state index is 12.2. The van der Waals surface area contributed by atoms with Gasteiger partial charge < -0.3 is 20.0 Å². The summed E-state index contributed by atoms with van der Waals surface area (Å²) in [5.74, 6) is 2.98. The van der Waals surface area contributed by atoms with Crippen LogP contribution < -0.4 is 10.6 Å². The number of aromatic nitrogens is 2. The molecule has 8 heteroatoms. The number of amides is 1. The second kappa shape index (κ2) is 8.22. The van der Waals surface area contributed by atoms with Crippen LogP contribution in [0.25, 0.3) is 0 Å². The molecule has 0 spiro atoms. The average molecular weight is 385 g/mol. The zero-order valence-electron chi connectivity index (χ0n) is 15.8. The predicted octanol–water partition coefficient (Wildman–Crippen LogP) is 4.45. The van der Waals surface area contributed by atoms with Crippen molar-refractivity contribution in [2.24, 2.45) is 0 Å². The van der Waals surface area contributed by atoms with Gasteiger partial charge in [0.15, 0.2) is 11.6 Å². The van der Waals surface area contributed by atoms with Crippen LogP contribution in [-0.4, -0.2) is 33.6 Å². The highest BCUT2D eigenvalue weighted by atomic mass is 32.1. The van der Waals surface area contributed by atoms with Crippen LogP contribution in [-0.2, 0) is 0 Å². The quantitative estimate of drug-likeness (QED) is 0.625. The molecule has 1 aromatic carbocycles. The second-order valence-corrected chi connectivity index (χ2v) is 6.95. The summed E-state index contributed by atoms with van der Waals surface area (Å²) in [5, 5.41) is 6.63. The molecule has 1 amide bonds.